The summed E-state index contributed by atoms with van der Waals surface area (Å²) in [4.78, 5) is 42.1. The van der Waals surface area contributed by atoms with Crippen molar-refractivity contribution in [3.05, 3.63) is 95.6 Å². The molecule has 0 saturated carbocycles. The predicted octanol–water partition coefficient (Wildman–Crippen LogP) is 3.73. The molecule has 1 aliphatic heterocycles. The second-order valence-electron chi connectivity index (χ2n) is 10.6. The minimum absolute atomic E-state index is 0.105. The fourth-order valence-corrected chi connectivity index (χ4v) is 5.89. The topological polar surface area (TPSA) is 108 Å². The molecule has 1 heterocycles. The second kappa shape index (κ2) is 12.5. The van der Waals surface area contributed by atoms with Crippen LogP contribution in [-0.2, 0) is 25.6 Å². The number of carboxylic acids is 1. The number of benzene rings is 3. The smallest absolute Gasteiger partial charge is 0.407 e. The van der Waals surface area contributed by atoms with E-state index in [2.05, 4.69) is 17.4 Å². The van der Waals surface area contributed by atoms with E-state index in [1.165, 1.54) is 12.0 Å². The predicted molar refractivity (Wildman–Crippen MR) is 153 cm³/mol. The van der Waals surface area contributed by atoms with Gasteiger partial charge in [0.05, 0.1) is 6.10 Å². The summed E-state index contributed by atoms with van der Waals surface area (Å²) in [6.45, 7) is 0.948. The van der Waals surface area contributed by atoms with Gasteiger partial charge in [-0.2, -0.15) is 0 Å². The van der Waals surface area contributed by atoms with E-state index in [1.807, 2.05) is 78.7 Å². The maximum Gasteiger partial charge on any atom is 0.407 e. The van der Waals surface area contributed by atoms with Crippen LogP contribution in [0, 0.1) is 0 Å². The molecule has 2 aliphatic rings. The van der Waals surface area contributed by atoms with Gasteiger partial charge in [0.1, 0.15) is 18.7 Å². The lowest BCUT2D eigenvalue weighted by molar-refractivity contribution is -0.149. The number of aliphatic carboxylic acids is 1. The molecular formula is C32H35N3O6. The number of fused-ring (bicyclic) bond motifs is 3. The van der Waals surface area contributed by atoms with Crippen molar-refractivity contribution in [2.75, 3.05) is 33.9 Å². The molecule has 2 amide bonds. The Kier molecular flexibility index (Phi) is 8.66. The number of amides is 2. The van der Waals surface area contributed by atoms with E-state index >= 15 is 0 Å². The zero-order valence-electron chi connectivity index (χ0n) is 23.2. The van der Waals surface area contributed by atoms with Crippen molar-refractivity contribution in [1.29, 1.82) is 0 Å². The zero-order valence-corrected chi connectivity index (χ0v) is 23.2. The van der Waals surface area contributed by atoms with Gasteiger partial charge in [-0.3, -0.25) is 9.69 Å². The second-order valence-corrected chi connectivity index (χ2v) is 10.6. The normalized spacial score (nSPS) is 18.6. The van der Waals surface area contributed by atoms with Crippen LogP contribution < -0.4 is 5.32 Å². The molecular weight excluding hydrogens is 522 g/mol. The largest absolute Gasteiger partial charge is 0.480 e. The molecule has 9 heteroatoms. The molecule has 0 radical (unpaired) electrons. The van der Waals surface area contributed by atoms with Gasteiger partial charge in [-0.1, -0.05) is 78.9 Å². The number of nitrogens with one attached hydrogen (secondary N) is 1. The Morgan fingerprint density at radius 3 is 2.20 bits per heavy atom. The minimum atomic E-state index is -1.10. The van der Waals surface area contributed by atoms with E-state index in [0.717, 1.165) is 27.8 Å². The molecule has 0 spiro atoms. The third-order valence-electron chi connectivity index (χ3n) is 7.89. The molecule has 0 bridgehead atoms. The third-order valence-corrected chi connectivity index (χ3v) is 7.89. The Hall–Kier alpha value is -4.21. The molecule has 214 valence electrons. The van der Waals surface area contributed by atoms with Crippen LogP contribution in [0.5, 0.6) is 0 Å². The fourth-order valence-electron chi connectivity index (χ4n) is 5.89. The number of rotatable bonds is 10. The first kappa shape index (κ1) is 28.3. The number of carbonyl (C=O) groups excluding carboxylic acids is 2. The molecule has 3 aromatic rings. The number of likely N-dealkylation sites (tertiary alicyclic amines) is 1. The molecule has 3 aromatic carbocycles. The first-order valence-electron chi connectivity index (χ1n) is 13.8. The Balaban J connectivity index is 1.31. The van der Waals surface area contributed by atoms with E-state index in [4.69, 9.17) is 9.47 Å². The van der Waals surface area contributed by atoms with Crippen LogP contribution in [0.4, 0.5) is 4.79 Å². The Labute approximate surface area is 239 Å². The first-order valence-corrected chi connectivity index (χ1v) is 13.8. The van der Waals surface area contributed by atoms with Gasteiger partial charge >= 0.3 is 12.1 Å². The number of likely N-dealkylation sites (N-methyl/N-ethyl adjacent to an activating group) is 1. The quantitative estimate of drug-likeness (QED) is 0.391. The number of hydrogen-bond donors (Lipinski definition) is 2. The maximum atomic E-state index is 13.7. The van der Waals surface area contributed by atoms with Crippen molar-refractivity contribution < 1.29 is 29.0 Å². The average molecular weight is 558 g/mol. The zero-order chi connectivity index (χ0) is 28.9. The van der Waals surface area contributed by atoms with Crippen LogP contribution in [0.25, 0.3) is 11.1 Å². The lowest BCUT2D eigenvalue weighted by Crippen LogP contribution is -2.55. The Bertz CT molecular complexity index is 1350. The van der Waals surface area contributed by atoms with Gasteiger partial charge in [0.2, 0.25) is 5.91 Å². The number of carbonyl (C=O) groups is 3. The number of carboxylic acid groups (broad SMARTS) is 1. The van der Waals surface area contributed by atoms with Gasteiger partial charge in [-0.05, 0) is 34.9 Å². The van der Waals surface area contributed by atoms with Gasteiger partial charge < -0.3 is 24.8 Å². The van der Waals surface area contributed by atoms with E-state index in [1.54, 1.807) is 0 Å². The summed E-state index contributed by atoms with van der Waals surface area (Å²) >= 11 is 0. The molecule has 1 aliphatic carbocycles. The van der Waals surface area contributed by atoms with Gasteiger partial charge in [0, 0.05) is 39.1 Å². The summed E-state index contributed by atoms with van der Waals surface area (Å²) in [6.07, 6.45) is -0.931. The summed E-state index contributed by atoms with van der Waals surface area (Å²) in [5.41, 5.74) is 5.46. The van der Waals surface area contributed by atoms with Crippen molar-refractivity contribution >= 4 is 18.0 Å². The van der Waals surface area contributed by atoms with Gasteiger partial charge in [0.25, 0.3) is 0 Å². The molecule has 2 N–H and O–H groups in total. The van der Waals surface area contributed by atoms with Crippen molar-refractivity contribution in [1.82, 2.24) is 15.1 Å². The number of methoxy groups -OCH3 is 1. The van der Waals surface area contributed by atoms with Crippen LogP contribution in [0.3, 0.4) is 0 Å². The summed E-state index contributed by atoms with van der Waals surface area (Å²) in [6, 6.07) is 23.9. The number of nitrogens with zero attached hydrogens (tertiary/aromatic N) is 2. The Morgan fingerprint density at radius 2 is 1.59 bits per heavy atom. The highest BCUT2D eigenvalue weighted by atomic mass is 16.5. The van der Waals surface area contributed by atoms with Crippen LogP contribution in [0.1, 0.15) is 29.0 Å². The van der Waals surface area contributed by atoms with Crippen molar-refractivity contribution in [2.45, 2.75) is 37.1 Å². The molecule has 1 saturated heterocycles. The Morgan fingerprint density at radius 1 is 0.976 bits per heavy atom. The van der Waals surface area contributed by atoms with E-state index in [0.29, 0.717) is 6.54 Å². The molecule has 3 atom stereocenters. The highest BCUT2D eigenvalue weighted by Gasteiger charge is 2.42. The SMILES string of the molecule is COC1CC(C(=O)O)N(C(=O)C(CN(C)Cc2ccccc2)NC(=O)OCC2c3ccccc3-c3ccccc32)C1. The fraction of sp³-hybridized carbons (Fsp3) is 0.344. The number of alkyl carbamates (subject to hydrolysis) is 1. The molecule has 5 rings (SSSR count). The summed E-state index contributed by atoms with van der Waals surface area (Å²) in [5, 5.41) is 12.5. The van der Waals surface area contributed by atoms with Crippen LogP contribution in [0.2, 0.25) is 0 Å². The lowest BCUT2D eigenvalue weighted by atomic mass is 9.98. The van der Waals surface area contributed by atoms with Crippen molar-refractivity contribution in [3.63, 3.8) is 0 Å². The summed E-state index contributed by atoms with van der Waals surface area (Å²) < 4.78 is 11.1. The maximum absolute atomic E-state index is 13.7. The molecule has 41 heavy (non-hydrogen) atoms. The van der Waals surface area contributed by atoms with Crippen LogP contribution >= 0.6 is 0 Å². The van der Waals surface area contributed by atoms with Crippen molar-refractivity contribution in [3.8, 4) is 11.1 Å². The molecule has 1 fully saturated rings. The highest BCUT2D eigenvalue weighted by Crippen LogP contribution is 2.44. The first-order chi connectivity index (χ1) is 19.9. The molecule has 9 nitrogen and oxygen atoms in total. The molecule has 0 aromatic heterocycles. The monoisotopic (exact) mass is 557 g/mol. The number of ether oxygens (including phenoxy) is 2. The van der Waals surface area contributed by atoms with E-state index < -0.39 is 36.2 Å². The van der Waals surface area contributed by atoms with Gasteiger partial charge in [-0.25, -0.2) is 9.59 Å². The van der Waals surface area contributed by atoms with Crippen LogP contribution in [-0.4, -0.2) is 84.9 Å². The minimum Gasteiger partial charge on any atom is -0.480 e. The summed E-state index contributed by atoms with van der Waals surface area (Å²) in [5.74, 6) is -1.71. The highest BCUT2D eigenvalue weighted by molar-refractivity contribution is 5.90. The standard InChI is InChI=1S/C32H35N3O6/c1-34(17-21-10-4-3-5-11-21)19-28(30(36)35-18-22(40-2)16-29(35)31(37)38)33-32(39)41-20-27-25-14-8-6-12-23(25)24-13-7-9-15-26(24)27/h3-15,22,27-29H,16-20H2,1-2H3,(H,33,39)(H,37,38). The average Bonchev–Trinajstić information content (AvgIpc) is 3.56. The summed E-state index contributed by atoms with van der Waals surface area (Å²) in [7, 11) is 3.35. The van der Waals surface area contributed by atoms with Gasteiger partial charge in [-0.15, -0.1) is 0 Å². The van der Waals surface area contributed by atoms with E-state index in [9.17, 15) is 19.5 Å². The molecule has 3 unspecified atom stereocenters. The lowest BCUT2D eigenvalue weighted by Gasteiger charge is -2.30. The number of hydrogen-bond acceptors (Lipinski definition) is 6. The third kappa shape index (κ3) is 6.26. The van der Waals surface area contributed by atoms with Crippen LogP contribution in [0.15, 0.2) is 78.9 Å². The van der Waals surface area contributed by atoms with E-state index in [-0.39, 0.29) is 32.0 Å². The van der Waals surface area contributed by atoms with Crippen molar-refractivity contribution in [2.24, 2.45) is 0 Å². The van der Waals surface area contributed by atoms with Gasteiger partial charge in [0.15, 0.2) is 0 Å².